The summed E-state index contributed by atoms with van der Waals surface area (Å²) >= 11 is 0. The van der Waals surface area contributed by atoms with Gasteiger partial charge in [0.1, 0.15) is 5.75 Å². The number of phenolic OH excluding ortho intramolecular Hbond substituents is 1. The highest BCUT2D eigenvalue weighted by Gasteiger charge is 2.16. The first-order valence-corrected chi connectivity index (χ1v) is 6.76. The minimum absolute atomic E-state index is 0.0615. The minimum Gasteiger partial charge on any atom is -0.508 e. The molecule has 0 aromatic heterocycles. The van der Waals surface area contributed by atoms with E-state index in [1.54, 1.807) is 0 Å². The molecule has 1 rings (SSSR count). The lowest BCUT2D eigenvalue weighted by molar-refractivity contribution is 0.314. The van der Waals surface area contributed by atoms with Gasteiger partial charge in [-0.1, -0.05) is 6.07 Å². The number of sulfonamides is 1. The molecule has 0 heterocycles. The molecule has 0 fully saturated rings. The molecule has 0 amide bonds. The molecule has 0 aliphatic rings. The lowest BCUT2D eigenvalue weighted by Crippen LogP contribution is -2.38. The largest absolute Gasteiger partial charge is 0.508 e. The Morgan fingerprint density at radius 2 is 2.06 bits per heavy atom. The molecule has 0 saturated carbocycles. The molecular formula is C11H18N2O3S. The van der Waals surface area contributed by atoms with E-state index in [9.17, 15) is 13.5 Å². The van der Waals surface area contributed by atoms with Crippen LogP contribution in [0, 0.1) is 0 Å². The first-order valence-electron chi connectivity index (χ1n) is 5.28. The number of aromatic hydroxyl groups is 1. The second kappa shape index (κ2) is 5.48. The smallest absolute Gasteiger partial charge is 0.240 e. The number of hydrogen-bond donors (Lipinski definition) is 2. The maximum Gasteiger partial charge on any atom is 0.240 e. The molecule has 1 atom stereocenters. The molecule has 0 aliphatic heterocycles. The Kier molecular flexibility index (Phi) is 4.50. The fourth-order valence-corrected chi connectivity index (χ4v) is 2.31. The van der Waals surface area contributed by atoms with Crippen LogP contribution in [-0.2, 0) is 10.0 Å². The molecule has 1 unspecified atom stereocenters. The van der Waals surface area contributed by atoms with E-state index in [0.29, 0.717) is 6.54 Å². The fraction of sp³-hybridized carbons (Fsp3) is 0.455. The SMILES string of the molecule is CC(CNS(=O)(=O)c1cccc(O)c1)N(C)C. The number of rotatable bonds is 5. The Balaban J connectivity index is 2.76. The zero-order valence-corrected chi connectivity index (χ0v) is 11.0. The van der Waals surface area contributed by atoms with E-state index >= 15 is 0 Å². The summed E-state index contributed by atoms with van der Waals surface area (Å²) in [5, 5.41) is 9.24. The summed E-state index contributed by atoms with van der Waals surface area (Å²) in [6, 6.07) is 5.70. The van der Waals surface area contributed by atoms with Gasteiger partial charge in [-0.3, -0.25) is 0 Å². The molecule has 17 heavy (non-hydrogen) atoms. The van der Waals surface area contributed by atoms with Crippen LogP contribution in [0.1, 0.15) is 6.92 Å². The predicted molar refractivity (Wildman–Crippen MR) is 66.4 cm³/mol. The minimum atomic E-state index is -3.55. The van der Waals surface area contributed by atoms with Crippen molar-refractivity contribution in [2.75, 3.05) is 20.6 Å². The van der Waals surface area contributed by atoms with Crippen LogP contribution in [0.3, 0.4) is 0 Å². The van der Waals surface area contributed by atoms with Gasteiger partial charge in [0, 0.05) is 12.6 Å². The van der Waals surface area contributed by atoms with Gasteiger partial charge < -0.3 is 10.0 Å². The number of likely N-dealkylation sites (N-methyl/N-ethyl adjacent to an activating group) is 1. The first kappa shape index (κ1) is 14.0. The van der Waals surface area contributed by atoms with Crippen molar-refractivity contribution in [3.63, 3.8) is 0 Å². The molecular weight excluding hydrogens is 240 g/mol. The van der Waals surface area contributed by atoms with Crippen molar-refractivity contribution < 1.29 is 13.5 Å². The van der Waals surface area contributed by atoms with Gasteiger partial charge in [-0.25, -0.2) is 13.1 Å². The van der Waals surface area contributed by atoms with Crippen LogP contribution in [0.5, 0.6) is 5.75 Å². The zero-order chi connectivity index (χ0) is 13.1. The second-order valence-electron chi connectivity index (χ2n) is 4.16. The average Bonchev–Trinajstić information content (AvgIpc) is 2.26. The Morgan fingerprint density at radius 1 is 1.41 bits per heavy atom. The van der Waals surface area contributed by atoms with Gasteiger partial charge in [-0.05, 0) is 39.2 Å². The van der Waals surface area contributed by atoms with Crippen LogP contribution < -0.4 is 4.72 Å². The van der Waals surface area contributed by atoms with E-state index in [4.69, 9.17) is 0 Å². The Morgan fingerprint density at radius 3 is 2.59 bits per heavy atom. The first-order chi connectivity index (χ1) is 7.83. The van der Waals surface area contributed by atoms with Gasteiger partial charge in [0.2, 0.25) is 10.0 Å². The third kappa shape index (κ3) is 3.99. The van der Waals surface area contributed by atoms with E-state index in [-0.39, 0.29) is 16.7 Å². The number of hydrogen-bond acceptors (Lipinski definition) is 4. The summed E-state index contributed by atoms with van der Waals surface area (Å²) in [5.41, 5.74) is 0. The summed E-state index contributed by atoms with van der Waals surface area (Å²) in [6.07, 6.45) is 0. The molecule has 1 aromatic rings. The Hall–Kier alpha value is -1.11. The van der Waals surface area contributed by atoms with Gasteiger partial charge in [0.15, 0.2) is 0 Å². The summed E-state index contributed by atoms with van der Waals surface area (Å²) in [5.74, 6) is -0.0615. The lowest BCUT2D eigenvalue weighted by atomic mass is 10.3. The zero-order valence-electron chi connectivity index (χ0n) is 10.2. The van der Waals surface area contributed by atoms with E-state index in [1.165, 1.54) is 24.3 Å². The van der Waals surface area contributed by atoms with Crippen molar-refractivity contribution >= 4 is 10.0 Å². The van der Waals surface area contributed by atoms with Crippen molar-refractivity contribution in [1.82, 2.24) is 9.62 Å². The van der Waals surface area contributed by atoms with Crippen LogP contribution in [0.25, 0.3) is 0 Å². The molecule has 1 aromatic carbocycles. The predicted octanol–water partition coefficient (Wildman–Crippen LogP) is 0.621. The molecule has 0 spiro atoms. The van der Waals surface area contributed by atoms with Crippen LogP contribution in [-0.4, -0.2) is 45.1 Å². The van der Waals surface area contributed by atoms with E-state index < -0.39 is 10.0 Å². The molecule has 5 nitrogen and oxygen atoms in total. The van der Waals surface area contributed by atoms with Crippen molar-refractivity contribution in [2.24, 2.45) is 0 Å². The van der Waals surface area contributed by atoms with Gasteiger partial charge in [0.05, 0.1) is 4.90 Å². The van der Waals surface area contributed by atoms with E-state index in [0.717, 1.165) is 0 Å². The average molecular weight is 258 g/mol. The molecule has 0 aliphatic carbocycles. The third-order valence-corrected chi connectivity index (χ3v) is 4.00. The van der Waals surface area contributed by atoms with Gasteiger partial charge >= 0.3 is 0 Å². The molecule has 2 N–H and O–H groups in total. The molecule has 0 bridgehead atoms. The standard InChI is InChI=1S/C11H18N2O3S/c1-9(13(2)3)8-12-17(15,16)11-6-4-5-10(14)7-11/h4-7,9,12,14H,8H2,1-3H3. The lowest BCUT2D eigenvalue weighted by Gasteiger charge is -2.19. The monoisotopic (exact) mass is 258 g/mol. The summed E-state index contributed by atoms with van der Waals surface area (Å²) in [7, 11) is 0.216. The van der Waals surface area contributed by atoms with Crippen LogP contribution >= 0.6 is 0 Å². The Labute approximate surface area is 102 Å². The Bertz CT molecular complexity index is 471. The van der Waals surface area contributed by atoms with Gasteiger partial charge in [-0.2, -0.15) is 0 Å². The van der Waals surface area contributed by atoms with Crippen molar-refractivity contribution in [2.45, 2.75) is 17.9 Å². The quantitative estimate of drug-likeness (QED) is 0.812. The maximum absolute atomic E-state index is 11.9. The molecule has 0 saturated heterocycles. The summed E-state index contributed by atoms with van der Waals surface area (Å²) in [4.78, 5) is 1.99. The third-order valence-electron chi connectivity index (χ3n) is 2.58. The number of nitrogens with one attached hydrogen (secondary N) is 1. The highest BCUT2D eigenvalue weighted by atomic mass is 32.2. The number of benzene rings is 1. The maximum atomic E-state index is 11.9. The van der Waals surface area contributed by atoms with Crippen LogP contribution in [0.2, 0.25) is 0 Å². The highest BCUT2D eigenvalue weighted by Crippen LogP contribution is 2.15. The highest BCUT2D eigenvalue weighted by molar-refractivity contribution is 7.89. The normalized spacial score (nSPS) is 13.9. The molecule has 0 radical (unpaired) electrons. The van der Waals surface area contributed by atoms with Crippen molar-refractivity contribution in [1.29, 1.82) is 0 Å². The van der Waals surface area contributed by atoms with Gasteiger partial charge in [-0.15, -0.1) is 0 Å². The van der Waals surface area contributed by atoms with Gasteiger partial charge in [0.25, 0.3) is 0 Å². The number of phenols is 1. The van der Waals surface area contributed by atoms with Crippen LogP contribution in [0.15, 0.2) is 29.2 Å². The summed E-state index contributed by atoms with van der Waals surface area (Å²) < 4.78 is 26.2. The van der Waals surface area contributed by atoms with E-state index in [2.05, 4.69) is 4.72 Å². The van der Waals surface area contributed by atoms with Crippen molar-refractivity contribution in [3.05, 3.63) is 24.3 Å². The molecule has 6 heteroatoms. The molecule has 96 valence electrons. The second-order valence-corrected chi connectivity index (χ2v) is 5.93. The van der Waals surface area contributed by atoms with Crippen LogP contribution in [0.4, 0.5) is 0 Å². The van der Waals surface area contributed by atoms with Crippen molar-refractivity contribution in [3.8, 4) is 5.75 Å². The fourth-order valence-electron chi connectivity index (χ4n) is 1.15. The topological polar surface area (TPSA) is 69.6 Å². The summed E-state index contributed by atoms with van der Waals surface area (Å²) in [6.45, 7) is 2.25. The number of nitrogens with zero attached hydrogens (tertiary/aromatic N) is 1. The van der Waals surface area contributed by atoms with E-state index in [1.807, 2.05) is 25.9 Å².